The Bertz CT molecular complexity index is 1170. The van der Waals surface area contributed by atoms with E-state index in [0.717, 1.165) is 29.4 Å². The summed E-state index contributed by atoms with van der Waals surface area (Å²) >= 11 is 3.76. The average Bonchev–Trinajstić information content (AvgIpc) is 3.49. The van der Waals surface area contributed by atoms with E-state index in [4.69, 9.17) is 0 Å². The molecule has 2 unspecified atom stereocenters. The van der Waals surface area contributed by atoms with Crippen LogP contribution in [0.2, 0.25) is 0 Å². The lowest BCUT2D eigenvalue weighted by molar-refractivity contribution is -0.0648. The monoisotopic (exact) mass is 691 g/mol. The zero-order valence-corrected chi connectivity index (χ0v) is 35.9. The van der Waals surface area contributed by atoms with E-state index in [1.54, 1.807) is 0 Å². The van der Waals surface area contributed by atoms with Gasteiger partial charge < -0.3 is 10.2 Å². The number of benzene rings is 1. The summed E-state index contributed by atoms with van der Waals surface area (Å²) in [4.78, 5) is 0. The Morgan fingerprint density at radius 3 is 1.62 bits per heavy atom. The van der Waals surface area contributed by atoms with Crippen LogP contribution in [0.3, 0.4) is 0 Å². The molecule has 0 aliphatic heterocycles. The first-order valence-electron chi connectivity index (χ1n) is 18.6. The lowest BCUT2D eigenvalue weighted by atomic mass is 9.45. The van der Waals surface area contributed by atoms with Crippen molar-refractivity contribution in [2.24, 2.45) is 32.5 Å². The number of aliphatic hydroxyl groups excluding tert-OH is 2. The molecular weight excluding hydrogens is 613 g/mol. The second kappa shape index (κ2) is 14.8. The fraction of sp³-hybridized carbons (Fsp3) is 0.860. The van der Waals surface area contributed by atoms with Crippen LogP contribution in [-0.2, 0) is 16.2 Å². The van der Waals surface area contributed by atoms with Gasteiger partial charge in [-0.3, -0.25) is 0 Å². The van der Waals surface area contributed by atoms with Gasteiger partial charge in [-0.15, -0.1) is 0 Å². The molecule has 0 heterocycles. The van der Waals surface area contributed by atoms with Crippen molar-refractivity contribution in [3.05, 3.63) is 34.9 Å². The summed E-state index contributed by atoms with van der Waals surface area (Å²) in [5.41, 5.74) is 5.60. The van der Waals surface area contributed by atoms with E-state index in [-0.39, 0.29) is 61.9 Å². The fourth-order valence-electron chi connectivity index (χ4n) is 8.31. The number of rotatable bonds is 19. The van der Waals surface area contributed by atoms with Gasteiger partial charge in [-0.05, 0) is 109 Å². The molecule has 2 rings (SSSR count). The molecule has 2 atom stereocenters. The minimum atomic E-state index is -0.0566. The highest BCUT2D eigenvalue weighted by Gasteiger charge is 2.64. The maximum Gasteiger partial charge on any atom is 0.0521 e. The van der Waals surface area contributed by atoms with Crippen molar-refractivity contribution in [3.8, 4) is 0 Å². The lowest BCUT2D eigenvalue weighted by Gasteiger charge is -2.59. The molecule has 0 radical (unpaired) electrons. The van der Waals surface area contributed by atoms with E-state index in [2.05, 4.69) is 136 Å². The molecule has 0 amide bonds. The van der Waals surface area contributed by atoms with Gasteiger partial charge in [0.25, 0.3) is 0 Å². The standard InChI is InChI=1S/C43H78O2S2/c1-35(2,3)32-27-33(39(10,11)41(14,15)40(12,13)37(6,7)20-24-47-26-22-45)29-34(28-32)43(17)31-42(43,16)30-38(8,9)36(4,5)19-18-23-46-25-21-44/h27-29,44-45H,18-26,30-31H2,1-17H3. The molecule has 0 spiro atoms. The van der Waals surface area contributed by atoms with Crippen molar-refractivity contribution in [1.29, 1.82) is 0 Å². The third-order valence-corrected chi connectivity index (χ3v) is 17.0. The predicted molar refractivity (Wildman–Crippen MR) is 214 cm³/mol. The minimum Gasteiger partial charge on any atom is -0.396 e. The van der Waals surface area contributed by atoms with Gasteiger partial charge in [-0.25, -0.2) is 0 Å². The Morgan fingerprint density at radius 1 is 0.596 bits per heavy atom. The maximum atomic E-state index is 9.33. The molecule has 4 heteroatoms. The van der Waals surface area contributed by atoms with Crippen molar-refractivity contribution < 1.29 is 10.2 Å². The van der Waals surface area contributed by atoms with Gasteiger partial charge in [0.05, 0.1) is 13.2 Å². The second-order valence-corrected chi connectivity index (χ2v) is 22.8. The average molecular weight is 691 g/mol. The third kappa shape index (κ3) is 8.84. The molecule has 0 aromatic heterocycles. The van der Waals surface area contributed by atoms with Gasteiger partial charge in [-0.1, -0.05) is 136 Å². The summed E-state index contributed by atoms with van der Waals surface area (Å²) in [5, 5.41) is 18.5. The van der Waals surface area contributed by atoms with E-state index in [1.165, 1.54) is 42.4 Å². The summed E-state index contributed by atoms with van der Waals surface area (Å²) in [5.74, 6) is 3.90. The summed E-state index contributed by atoms with van der Waals surface area (Å²) in [6.45, 7) is 42.8. The van der Waals surface area contributed by atoms with Crippen LogP contribution >= 0.6 is 23.5 Å². The maximum absolute atomic E-state index is 9.33. The highest BCUT2D eigenvalue weighted by Crippen LogP contribution is 2.70. The molecule has 0 saturated heterocycles. The zero-order chi connectivity index (χ0) is 36.5. The van der Waals surface area contributed by atoms with Crippen molar-refractivity contribution in [2.75, 3.05) is 36.2 Å². The van der Waals surface area contributed by atoms with Crippen LogP contribution in [0.15, 0.2) is 18.2 Å². The van der Waals surface area contributed by atoms with Gasteiger partial charge in [0.2, 0.25) is 0 Å². The second-order valence-electron chi connectivity index (χ2n) is 20.3. The molecule has 47 heavy (non-hydrogen) atoms. The van der Waals surface area contributed by atoms with Crippen molar-refractivity contribution in [2.45, 2.75) is 166 Å². The van der Waals surface area contributed by atoms with Crippen LogP contribution in [-0.4, -0.2) is 46.4 Å². The molecule has 1 aromatic carbocycles. The summed E-state index contributed by atoms with van der Waals surface area (Å²) < 4.78 is 0. The summed E-state index contributed by atoms with van der Waals surface area (Å²) in [6, 6.07) is 7.75. The number of hydrogen-bond acceptors (Lipinski definition) is 4. The molecule has 2 N–H and O–H groups in total. The van der Waals surface area contributed by atoms with Crippen molar-refractivity contribution in [1.82, 2.24) is 0 Å². The fourth-order valence-corrected chi connectivity index (χ4v) is 9.98. The highest BCUT2D eigenvalue weighted by molar-refractivity contribution is 7.99. The summed E-state index contributed by atoms with van der Waals surface area (Å²) in [7, 11) is 0. The first kappa shape index (κ1) is 43.0. The van der Waals surface area contributed by atoms with Gasteiger partial charge in [0, 0.05) is 11.5 Å². The van der Waals surface area contributed by atoms with Crippen LogP contribution in [0, 0.1) is 32.5 Å². The Hall–Kier alpha value is -0.160. The van der Waals surface area contributed by atoms with E-state index in [0.29, 0.717) is 0 Å². The molecule has 0 bridgehead atoms. The van der Waals surface area contributed by atoms with Crippen molar-refractivity contribution in [3.63, 3.8) is 0 Å². The van der Waals surface area contributed by atoms with E-state index in [1.807, 2.05) is 23.5 Å². The largest absolute Gasteiger partial charge is 0.396 e. The van der Waals surface area contributed by atoms with Gasteiger partial charge in [0.1, 0.15) is 0 Å². The van der Waals surface area contributed by atoms with Gasteiger partial charge in [0.15, 0.2) is 0 Å². The minimum absolute atomic E-state index is 0.00810. The Balaban J connectivity index is 2.51. The van der Waals surface area contributed by atoms with E-state index in [9.17, 15) is 10.2 Å². The molecule has 274 valence electrons. The predicted octanol–water partition coefficient (Wildman–Crippen LogP) is 12.1. The molecule has 1 aliphatic carbocycles. The molecule has 1 saturated carbocycles. The van der Waals surface area contributed by atoms with Crippen molar-refractivity contribution >= 4 is 23.5 Å². The molecule has 2 nitrogen and oxygen atoms in total. The zero-order valence-electron chi connectivity index (χ0n) is 34.2. The topological polar surface area (TPSA) is 40.5 Å². The Morgan fingerprint density at radius 2 is 1.11 bits per heavy atom. The molecular formula is C43H78O2S2. The lowest BCUT2D eigenvalue weighted by Crippen LogP contribution is -2.53. The molecule has 1 aliphatic rings. The van der Waals surface area contributed by atoms with Crippen LogP contribution in [0.4, 0.5) is 0 Å². The van der Waals surface area contributed by atoms with Crippen LogP contribution in [0.5, 0.6) is 0 Å². The Kier molecular flexibility index (Phi) is 13.6. The SMILES string of the molecule is CC(C)(C)c1cc(C(C)(C)C(C)(C)C(C)(C)C(C)(C)CCSCCO)cc(C2(C)CC2(C)CC(C)(C)C(C)(C)CCCSCCO)c1. The van der Waals surface area contributed by atoms with Crippen LogP contribution < -0.4 is 0 Å². The van der Waals surface area contributed by atoms with Gasteiger partial charge >= 0.3 is 0 Å². The number of thioether (sulfide) groups is 2. The third-order valence-electron chi connectivity index (χ3n) is 15.0. The highest BCUT2D eigenvalue weighted by atomic mass is 32.2. The summed E-state index contributed by atoms with van der Waals surface area (Å²) in [6.07, 6.45) is 6.05. The van der Waals surface area contributed by atoms with E-state index >= 15 is 0 Å². The Labute approximate surface area is 302 Å². The number of hydrogen-bond donors (Lipinski definition) is 2. The first-order valence-corrected chi connectivity index (χ1v) is 20.9. The van der Waals surface area contributed by atoms with Gasteiger partial charge in [-0.2, -0.15) is 23.5 Å². The first-order chi connectivity index (χ1) is 21.1. The van der Waals surface area contributed by atoms with E-state index < -0.39 is 0 Å². The van der Waals surface area contributed by atoms with Crippen LogP contribution in [0.1, 0.15) is 166 Å². The van der Waals surface area contributed by atoms with Crippen LogP contribution in [0.25, 0.3) is 0 Å². The normalized spacial score (nSPS) is 21.8. The molecule has 1 fully saturated rings. The molecule has 1 aromatic rings. The number of aliphatic hydroxyl groups is 2. The smallest absolute Gasteiger partial charge is 0.0521 e. The quantitative estimate of drug-likeness (QED) is 0.142.